The Morgan fingerprint density at radius 2 is 0.755 bits per heavy atom. The molecule has 0 nitrogen and oxygen atoms in total. The third kappa shape index (κ3) is 3.24. The van der Waals surface area contributed by atoms with Gasteiger partial charge in [0.1, 0.15) is 0 Å². The third-order valence-electron chi connectivity index (χ3n) is 11.1. The molecule has 0 spiro atoms. The fraction of sp³-hybridized carbons (Fsp3) is 0. The van der Waals surface area contributed by atoms with E-state index in [-0.39, 0.29) is 0 Å². The molecule has 1 heteroatoms. The minimum absolute atomic E-state index is 1.26. The van der Waals surface area contributed by atoms with Crippen molar-refractivity contribution in [2.75, 3.05) is 0 Å². The van der Waals surface area contributed by atoms with Gasteiger partial charge in [-0.1, -0.05) is 140 Å². The number of hydrogen-bond donors (Lipinski definition) is 0. The van der Waals surface area contributed by atoms with Gasteiger partial charge >= 0.3 is 0 Å². The predicted molar refractivity (Wildman–Crippen MR) is 215 cm³/mol. The van der Waals surface area contributed by atoms with Crippen LogP contribution >= 0.6 is 11.3 Å². The first kappa shape index (κ1) is 26.0. The second kappa shape index (κ2) is 9.32. The molecule has 49 heavy (non-hydrogen) atoms. The largest absolute Gasteiger partial charge is 0.135 e. The predicted octanol–water partition coefficient (Wildman–Crippen LogP) is 14.3. The van der Waals surface area contributed by atoms with Gasteiger partial charge in [0.15, 0.2) is 0 Å². The zero-order valence-corrected chi connectivity index (χ0v) is 27.2. The third-order valence-corrected chi connectivity index (χ3v) is 12.2. The summed E-state index contributed by atoms with van der Waals surface area (Å²) in [5.41, 5.74) is 5.18. The summed E-state index contributed by atoms with van der Waals surface area (Å²) in [5.74, 6) is 0. The number of fused-ring (bicyclic) bond motifs is 12. The van der Waals surface area contributed by atoms with Crippen molar-refractivity contribution in [3.63, 3.8) is 0 Å². The molecule has 0 bridgehead atoms. The summed E-state index contributed by atoms with van der Waals surface area (Å²) in [6.07, 6.45) is 0. The van der Waals surface area contributed by atoms with Gasteiger partial charge in [-0.05, 0) is 116 Å². The summed E-state index contributed by atoms with van der Waals surface area (Å²) in [6.45, 7) is 0. The molecular weight excluding hydrogens is 609 g/mol. The van der Waals surface area contributed by atoms with Gasteiger partial charge in [-0.2, -0.15) is 0 Å². The molecule has 0 N–H and O–H groups in total. The van der Waals surface area contributed by atoms with Crippen LogP contribution in [0, 0.1) is 0 Å². The van der Waals surface area contributed by atoms with E-state index in [1.807, 2.05) is 11.3 Å². The lowest BCUT2D eigenvalue weighted by Crippen LogP contribution is -1.91. The van der Waals surface area contributed by atoms with Crippen molar-refractivity contribution in [1.82, 2.24) is 0 Å². The molecule has 1 heterocycles. The Morgan fingerprint density at radius 1 is 0.245 bits per heavy atom. The summed E-state index contributed by atoms with van der Waals surface area (Å²) in [6, 6.07) is 59.2. The summed E-state index contributed by atoms with van der Waals surface area (Å²) in [5, 5.41) is 21.5. The Balaban J connectivity index is 1.45. The molecule has 0 atom stereocenters. The number of thiophene rings is 1. The molecule has 0 saturated carbocycles. The zero-order valence-electron chi connectivity index (χ0n) is 26.4. The lowest BCUT2D eigenvalue weighted by atomic mass is 9.84. The van der Waals surface area contributed by atoms with Gasteiger partial charge < -0.3 is 0 Å². The van der Waals surface area contributed by atoms with Gasteiger partial charge in [0.25, 0.3) is 0 Å². The molecular formula is C48H26S. The highest BCUT2D eigenvalue weighted by Crippen LogP contribution is 2.56. The Hall–Kier alpha value is -6.02. The first-order valence-corrected chi connectivity index (χ1v) is 17.8. The summed E-state index contributed by atoms with van der Waals surface area (Å²) >= 11 is 1.92. The maximum absolute atomic E-state index is 2.53. The van der Waals surface area contributed by atoms with Crippen LogP contribution in [0.15, 0.2) is 158 Å². The molecule has 0 aliphatic heterocycles. The minimum Gasteiger partial charge on any atom is -0.135 e. The minimum atomic E-state index is 1.26. The maximum Gasteiger partial charge on any atom is 0.0368 e. The lowest BCUT2D eigenvalue weighted by Gasteiger charge is -2.19. The van der Waals surface area contributed by atoms with E-state index in [1.54, 1.807) is 0 Å². The van der Waals surface area contributed by atoms with Crippen molar-refractivity contribution >= 4 is 107 Å². The van der Waals surface area contributed by atoms with Crippen LogP contribution in [0.5, 0.6) is 0 Å². The Bertz CT molecular complexity index is 3290. The molecule has 224 valence electrons. The zero-order chi connectivity index (χ0) is 31.8. The Labute approximate surface area is 285 Å². The standard InChI is InChI=1S/C48H26S/c1-3-13-27(14-4-1)41-37-25-36-30-18-8-7-17-29(30)31-20-11-22-34(43(31)36)46(37)42(28-15-5-2-6-16-28)48-38-26-40-45(32-19-9-10-24-39(32)49-40)33-21-12-23-35(44(33)38)47(41)48/h1-26H. The van der Waals surface area contributed by atoms with E-state index in [0.29, 0.717) is 0 Å². The van der Waals surface area contributed by atoms with E-state index in [0.717, 1.165) is 0 Å². The van der Waals surface area contributed by atoms with Crippen LogP contribution in [-0.2, 0) is 0 Å². The number of benzene rings is 9. The van der Waals surface area contributed by atoms with Crippen LogP contribution in [0.25, 0.3) is 118 Å². The van der Waals surface area contributed by atoms with Crippen molar-refractivity contribution in [3.05, 3.63) is 158 Å². The fourth-order valence-electron chi connectivity index (χ4n) is 9.29. The molecule has 0 saturated heterocycles. The van der Waals surface area contributed by atoms with Crippen molar-refractivity contribution in [3.8, 4) is 22.3 Å². The highest BCUT2D eigenvalue weighted by molar-refractivity contribution is 7.26. The molecule has 0 aliphatic rings. The lowest BCUT2D eigenvalue weighted by molar-refractivity contribution is 1.68. The molecule has 0 unspecified atom stereocenters. The first-order chi connectivity index (χ1) is 24.3. The van der Waals surface area contributed by atoms with Crippen LogP contribution in [0.3, 0.4) is 0 Å². The van der Waals surface area contributed by atoms with E-state index in [9.17, 15) is 0 Å². The molecule has 0 amide bonds. The first-order valence-electron chi connectivity index (χ1n) is 17.0. The highest BCUT2D eigenvalue weighted by Gasteiger charge is 2.27. The van der Waals surface area contributed by atoms with E-state index >= 15 is 0 Å². The van der Waals surface area contributed by atoms with Crippen molar-refractivity contribution in [1.29, 1.82) is 0 Å². The second-order valence-electron chi connectivity index (χ2n) is 13.5. The van der Waals surface area contributed by atoms with E-state index in [2.05, 4.69) is 158 Å². The van der Waals surface area contributed by atoms with E-state index in [4.69, 9.17) is 0 Å². The monoisotopic (exact) mass is 634 g/mol. The van der Waals surface area contributed by atoms with Gasteiger partial charge in [0.05, 0.1) is 0 Å². The molecule has 0 fully saturated rings. The molecule has 1 aromatic heterocycles. The molecule has 0 radical (unpaired) electrons. The average Bonchev–Trinajstić information content (AvgIpc) is 3.81. The fourth-order valence-corrected chi connectivity index (χ4v) is 10.5. The van der Waals surface area contributed by atoms with Crippen molar-refractivity contribution in [2.45, 2.75) is 0 Å². The second-order valence-corrected chi connectivity index (χ2v) is 14.6. The molecule has 12 aromatic rings. The van der Waals surface area contributed by atoms with Crippen LogP contribution in [0.4, 0.5) is 0 Å². The SMILES string of the molecule is c1ccc(-c2c3cc4c5ccccc5c5cccc(c3c(-c3ccccc3)c3c6cc7sc8ccccc8c7c7cccc(c23)c67)c54)cc1. The van der Waals surface area contributed by atoms with E-state index in [1.165, 1.54) is 118 Å². The van der Waals surface area contributed by atoms with Gasteiger partial charge in [-0.3, -0.25) is 0 Å². The normalized spacial score (nSPS) is 12.5. The van der Waals surface area contributed by atoms with Crippen molar-refractivity contribution in [2.24, 2.45) is 0 Å². The molecule has 12 rings (SSSR count). The molecule has 11 aromatic carbocycles. The number of hydrogen-bond acceptors (Lipinski definition) is 1. The van der Waals surface area contributed by atoms with Crippen LogP contribution in [0.2, 0.25) is 0 Å². The van der Waals surface area contributed by atoms with E-state index < -0.39 is 0 Å². The Kier molecular flexibility index (Phi) is 4.94. The Morgan fingerprint density at radius 3 is 1.49 bits per heavy atom. The van der Waals surface area contributed by atoms with Crippen LogP contribution < -0.4 is 0 Å². The maximum atomic E-state index is 2.53. The van der Waals surface area contributed by atoms with Crippen molar-refractivity contribution < 1.29 is 0 Å². The molecule has 0 aliphatic carbocycles. The van der Waals surface area contributed by atoms with Gasteiger partial charge in [0, 0.05) is 20.2 Å². The smallest absolute Gasteiger partial charge is 0.0368 e. The number of rotatable bonds is 2. The quantitative estimate of drug-likeness (QED) is 0.166. The summed E-state index contributed by atoms with van der Waals surface area (Å²) in [4.78, 5) is 0. The summed E-state index contributed by atoms with van der Waals surface area (Å²) < 4.78 is 2.70. The van der Waals surface area contributed by atoms with Crippen LogP contribution in [-0.4, -0.2) is 0 Å². The van der Waals surface area contributed by atoms with Gasteiger partial charge in [-0.15, -0.1) is 11.3 Å². The topological polar surface area (TPSA) is 0 Å². The van der Waals surface area contributed by atoms with Gasteiger partial charge in [-0.25, -0.2) is 0 Å². The average molecular weight is 635 g/mol. The summed E-state index contributed by atoms with van der Waals surface area (Å²) in [7, 11) is 0. The van der Waals surface area contributed by atoms with Gasteiger partial charge in [0.2, 0.25) is 0 Å². The highest BCUT2D eigenvalue weighted by atomic mass is 32.1. The van der Waals surface area contributed by atoms with Crippen LogP contribution in [0.1, 0.15) is 0 Å².